The first-order chi connectivity index (χ1) is 4.20. The fourth-order valence-electron chi connectivity index (χ4n) is 0.365. The van der Waals surface area contributed by atoms with Gasteiger partial charge in [0.2, 0.25) is 0 Å². The fourth-order valence-corrected chi connectivity index (χ4v) is 1.97. The molecule has 0 amide bonds. The minimum Gasteiger partial charge on any atom is -0.233 e. The third-order valence-electron chi connectivity index (χ3n) is 0.710. The second-order valence-electron chi connectivity index (χ2n) is 1.32. The van der Waals surface area contributed by atoms with Crippen LogP contribution >= 0.6 is 54.8 Å². The molecule has 0 aliphatic heterocycles. The van der Waals surface area contributed by atoms with Crippen LogP contribution in [0, 0.1) is 0 Å². The van der Waals surface area contributed by atoms with E-state index in [4.69, 9.17) is 11.6 Å². The Kier molecular flexibility index (Phi) is 2.95. The first-order valence-corrected chi connectivity index (χ1v) is 5.12. The topological polar surface area (TPSA) is 12.9 Å². The molecule has 0 fully saturated rings. The van der Waals surface area contributed by atoms with Gasteiger partial charge in [0.15, 0.2) is 4.47 Å². The first-order valence-electron chi connectivity index (χ1n) is 2.09. The Morgan fingerprint density at radius 2 is 2.33 bits per heavy atom. The maximum atomic E-state index is 5.57. The van der Waals surface area contributed by atoms with Gasteiger partial charge in [0.05, 0.1) is 4.88 Å². The van der Waals surface area contributed by atoms with Crippen LogP contribution in [0.4, 0.5) is 0 Å². The van der Waals surface area contributed by atoms with Crippen LogP contribution in [0.15, 0.2) is 6.20 Å². The zero-order valence-corrected chi connectivity index (χ0v) is 8.89. The van der Waals surface area contributed by atoms with E-state index < -0.39 is 0 Å². The average Bonchev–Trinajstić information content (AvgIpc) is 2.14. The summed E-state index contributed by atoms with van der Waals surface area (Å²) in [5.41, 5.74) is 0. The van der Waals surface area contributed by atoms with E-state index >= 15 is 0 Å². The predicted octanol–water partition coefficient (Wildman–Crippen LogP) is 3.58. The molecule has 5 heteroatoms. The van der Waals surface area contributed by atoms with Crippen molar-refractivity contribution in [2.24, 2.45) is 0 Å². The largest absolute Gasteiger partial charge is 0.233 e. The van der Waals surface area contributed by atoms with Crippen molar-refractivity contribution in [2.45, 2.75) is 3.74 Å². The highest BCUT2D eigenvalue weighted by molar-refractivity contribution is 9.24. The van der Waals surface area contributed by atoms with Crippen molar-refractivity contribution >= 4 is 54.8 Å². The van der Waals surface area contributed by atoms with E-state index in [2.05, 4.69) is 36.8 Å². The summed E-state index contributed by atoms with van der Waals surface area (Å²) in [6.07, 6.45) is 1.74. The zero-order valence-electron chi connectivity index (χ0n) is 4.14. The van der Waals surface area contributed by atoms with E-state index in [9.17, 15) is 0 Å². The molecule has 0 N–H and O–H groups in total. The lowest BCUT2D eigenvalue weighted by Crippen LogP contribution is -1.67. The van der Waals surface area contributed by atoms with Crippen molar-refractivity contribution in [3.63, 3.8) is 0 Å². The van der Waals surface area contributed by atoms with E-state index in [1.165, 1.54) is 11.3 Å². The lowest BCUT2D eigenvalue weighted by Gasteiger charge is -1.90. The molecule has 0 radical (unpaired) electrons. The Labute approximate surface area is 78.7 Å². The van der Waals surface area contributed by atoms with Crippen LogP contribution in [0.1, 0.15) is 8.61 Å². The quantitative estimate of drug-likeness (QED) is 0.721. The minimum absolute atomic E-state index is 0.176. The highest BCUT2D eigenvalue weighted by Crippen LogP contribution is 2.34. The molecule has 0 saturated carbocycles. The number of halogens is 3. The van der Waals surface area contributed by atoms with E-state index in [0.29, 0.717) is 4.47 Å². The Hall–Kier alpha value is 0.880. The van der Waals surface area contributed by atoms with E-state index in [-0.39, 0.29) is 3.74 Å². The normalized spacial score (nSPS) is 10.7. The first kappa shape index (κ1) is 7.98. The van der Waals surface area contributed by atoms with Gasteiger partial charge in [-0.05, 0) is 0 Å². The van der Waals surface area contributed by atoms with Crippen molar-refractivity contribution in [1.82, 2.24) is 4.98 Å². The number of nitrogens with zero attached hydrogens (tertiary/aromatic N) is 1. The number of aromatic nitrogens is 1. The predicted molar refractivity (Wildman–Crippen MR) is 47.7 cm³/mol. The molecule has 1 aromatic heterocycles. The molecule has 0 bridgehead atoms. The van der Waals surface area contributed by atoms with Gasteiger partial charge in [-0.15, -0.1) is 11.3 Å². The number of hydrogen-bond acceptors (Lipinski definition) is 2. The van der Waals surface area contributed by atoms with Gasteiger partial charge < -0.3 is 0 Å². The summed E-state index contributed by atoms with van der Waals surface area (Å²) >= 11 is 13.7. The van der Waals surface area contributed by atoms with Crippen LogP contribution in [-0.2, 0) is 0 Å². The molecule has 0 unspecified atom stereocenters. The van der Waals surface area contributed by atoms with Gasteiger partial charge in [0, 0.05) is 6.20 Å². The molecule has 0 spiro atoms. The number of hydrogen-bond donors (Lipinski definition) is 0. The van der Waals surface area contributed by atoms with Crippen molar-refractivity contribution in [1.29, 1.82) is 0 Å². The van der Waals surface area contributed by atoms with Crippen LogP contribution < -0.4 is 0 Å². The highest BCUT2D eigenvalue weighted by atomic mass is 79.9. The van der Waals surface area contributed by atoms with Crippen LogP contribution in [0.5, 0.6) is 0 Å². The Balaban J connectivity index is 2.85. The van der Waals surface area contributed by atoms with Gasteiger partial charge in [-0.2, -0.15) is 0 Å². The van der Waals surface area contributed by atoms with Crippen LogP contribution in [0.2, 0.25) is 4.47 Å². The average molecular weight is 291 g/mol. The van der Waals surface area contributed by atoms with Gasteiger partial charge in [0.1, 0.15) is 3.74 Å². The van der Waals surface area contributed by atoms with Crippen molar-refractivity contribution < 1.29 is 0 Å². The van der Waals surface area contributed by atoms with Gasteiger partial charge in [0.25, 0.3) is 0 Å². The summed E-state index contributed by atoms with van der Waals surface area (Å²) in [5, 5.41) is 0. The van der Waals surface area contributed by atoms with Gasteiger partial charge >= 0.3 is 0 Å². The molecule has 0 aliphatic rings. The fraction of sp³-hybridized carbons (Fsp3) is 0.250. The number of rotatable bonds is 1. The van der Waals surface area contributed by atoms with E-state index in [1.54, 1.807) is 6.20 Å². The van der Waals surface area contributed by atoms with Gasteiger partial charge in [-0.25, -0.2) is 4.98 Å². The third kappa shape index (κ3) is 2.18. The zero-order chi connectivity index (χ0) is 6.85. The lowest BCUT2D eigenvalue weighted by atomic mass is 10.6. The van der Waals surface area contributed by atoms with E-state index in [1.807, 2.05) is 0 Å². The maximum absolute atomic E-state index is 5.57. The molecule has 1 nitrogen and oxygen atoms in total. The summed E-state index contributed by atoms with van der Waals surface area (Å²) in [6.45, 7) is 0. The SMILES string of the molecule is Clc1ncc(C(Br)Br)s1. The maximum Gasteiger partial charge on any atom is 0.183 e. The van der Waals surface area contributed by atoms with Gasteiger partial charge in [-0.1, -0.05) is 43.5 Å². The molecule has 0 atom stereocenters. The minimum atomic E-state index is 0.176. The molecule has 50 valence electrons. The van der Waals surface area contributed by atoms with Crippen LogP contribution in [0.25, 0.3) is 0 Å². The Morgan fingerprint density at radius 1 is 1.67 bits per heavy atom. The van der Waals surface area contributed by atoms with Crippen LogP contribution in [0.3, 0.4) is 0 Å². The molecule has 1 heterocycles. The van der Waals surface area contributed by atoms with E-state index in [0.717, 1.165) is 4.88 Å². The molecular formula is C4H2Br2ClNS. The van der Waals surface area contributed by atoms with Crippen LogP contribution in [-0.4, -0.2) is 4.98 Å². The molecule has 1 rings (SSSR count). The lowest BCUT2D eigenvalue weighted by molar-refractivity contribution is 1.37. The summed E-state index contributed by atoms with van der Waals surface area (Å²) in [6, 6.07) is 0. The number of alkyl halides is 2. The van der Waals surface area contributed by atoms with Crippen molar-refractivity contribution in [2.75, 3.05) is 0 Å². The Morgan fingerprint density at radius 3 is 2.56 bits per heavy atom. The molecule has 0 aromatic carbocycles. The molecule has 1 aromatic rings. The molecule has 0 aliphatic carbocycles. The summed E-state index contributed by atoms with van der Waals surface area (Å²) < 4.78 is 0.754. The second kappa shape index (κ2) is 3.32. The molecular weight excluding hydrogens is 289 g/mol. The standard InChI is InChI=1S/C4H2Br2ClNS/c5-3(6)2-1-8-4(7)9-2/h1,3H. The van der Waals surface area contributed by atoms with Gasteiger partial charge in [-0.3, -0.25) is 0 Å². The monoisotopic (exact) mass is 289 g/mol. The summed E-state index contributed by atoms with van der Waals surface area (Å²) in [4.78, 5) is 4.95. The Bertz CT molecular complexity index is 200. The van der Waals surface area contributed by atoms with Crippen molar-refractivity contribution in [3.05, 3.63) is 15.5 Å². The summed E-state index contributed by atoms with van der Waals surface area (Å²) in [5.74, 6) is 0. The smallest absolute Gasteiger partial charge is 0.183 e. The van der Waals surface area contributed by atoms with Crippen molar-refractivity contribution in [3.8, 4) is 0 Å². The summed E-state index contributed by atoms with van der Waals surface area (Å²) in [7, 11) is 0. The second-order valence-corrected chi connectivity index (χ2v) is 6.02. The number of thiazole rings is 1. The molecule has 9 heavy (non-hydrogen) atoms. The highest BCUT2D eigenvalue weighted by Gasteiger charge is 2.05. The third-order valence-corrected chi connectivity index (χ3v) is 3.48. The molecule has 0 saturated heterocycles.